The molecule has 1 atom stereocenters. The summed E-state index contributed by atoms with van der Waals surface area (Å²) in [5.41, 5.74) is 1.50. The van der Waals surface area contributed by atoms with Crippen molar-refractivity contribution in [1.82, 2.24) is 14.9 Å². The van der Waals surface area contributed by atoms with Crippen LogP contribution in [0.15, 0.2) is 17.5 Å². The minimum Gasteiger partial charge on any atom is -0.352 e. The van der Waals surface area contributed by atoms with E-state index in [0.29, 0.717) is 5.92 Å². The number of hydrogen-bond acceptors (Lipinski definition) is 6. The minimum atomic E-state index is 0.165. The van der Waals surface area contributed by atoms with Crippen molar-refractivity contribution in [2.75, 3.05) is 31.1 Å². The Balaban J connectivity index is 1.33. The van der Waals surface area contributed by atoms with Crippen LogP contribution in [0.3, 0.4) is 0 Å². The summed E-state index contributed by atoms with van der Waals surface area (Å²) in [7, 11) is 0. The monoisotopic (exact) mass is 438 g/mol. The number of carbonyl (C=O) groups is 1. The van der Waals surface area contributed by atoms with Crippen molar-refractivity contribution in [3.05, 3.63) is 38.7 Å². The maximum Gasteiger partial charge on any atom is 0.264 e. The highest BCUT2D eigenvalue weighted by Crippen LogP contribution is 2.44. The molecule has 0 spiro atoms. The van der Waals surface area contributed by atoms with Crippen molar-refractivity contribution >= 4 is 44.6 Å². The SMILES string of the molecule is C[C@H]1CCc2c(sc3nc(C4CC4)nc(N4CCN(C(=O)c5cccs5)CC4)c23)C1. The Morgan fingerprint density at radius 1 is 1.13 bits per heavy atom. The van der Waals surface area contributed by atoms with Crippen LogP contribution in [-0.2, 0) is 12.8 Å². The Labute approximate surface area is 184 Å². The van der Waals surface area contributed by atoms with Gasteiger partial charge in [0.15, 0.2) is 0 Å². The summed E-state index contributed by atoms with van der Waals surface area (Å²) in [6.07, 6.45) is 6.02. The molecule has 1 amide bonds. The molecule has 1 saturated carbocycles. The quantitative estimate of drug-likeness (QED) is 0.594. The number of amides is 1. The first kappa shape index (κ1) is 18.8. The molecule has 7 heteroatoms. The van der Waals surface area contributed by atoms with Crippen molar-refractivity contribution in [2.24, 2.45) is 5.92 Å². The van der Waals surface area contributed by atoms with E-state index in [1.165, 1.54) is 57.7 Å². The number of hydrogen-bond donors (Lipinski definition) is 0. The van der Waals surface area contributed by atoms with Gasteiger partial charge in [0.1, 0.15) is 16.5 Å². The summed E-state index contributed by atoms with van der Waals surface area (Å²) in [5, 5.41) is 3.28. The molecule has 3 aromatic heterocycles. The lowest BCUT2D eigenvalue weighted by atomic mass is 9.89. The summed E-state index contributed by atoms with van der Waals surface area (Å²) in [6, 6.07) is 3.87. The number of anilines is 1. The third kappa shape index (κ3) is 3.23. The van der Waals surface area contributed by atoms with Crippen LogP contribution in [0.4, 0.5) is 5.82 Å². The molecule has 1 saturated heterocycles. The summed E-state index contributed by atoms with van der Waals surface area (Å²) in [4.78, 5) is 30.9. The molecule has 3 aromatic rings. The number of aryl methyl sites for hydroxylation is 1. The molecule has 156 valence electrons. The molecule has 3 aliphatic rings. The van der Waals surface area contributed by atoms with Gasteiger partial charge in [-0.05, 0) is 55.0 Å². The highest BCUT2D eigenvalue weighted by Gasteiger charge is 2.32. The van der Waals surface area contributed by atoms with Gasteiger partial charge in [-0.2, -0.15) is 0 Å². The van der Waals surface area contributed by atoms with Gasteiger partial charge in [-0.1, -0.05) is 13.0 Å². The van der Waals surface area contributed by atoms with Crippen LogP contribution in [0.25, 0.3) is 10.2 Å². The second-order valence-corrected chi connectivity index (χ2v) is 11.0. The maximum absolute atomic E-state index is 12.7. The third-order valence-corrected chi connectivity index (χ3v) is 8.70. The first-order valence-electron chi connectivity index (χ1n) is 11.1. The highest BCUT2D eigenvalue weighted by molar-refractivity contribution is 7.19. The van der Waals surface area contributed by atoms with Gasteiger partial charge < -0.3 is 9.80 Å². The fourth-order valence-electron chi connectivity index (χ4n) is 4.77. The predicted molar refractivity (Wildman–Crippen MR) is 123 cm³/mol. The van der Waals surface area contributed by atoms with Crippen LogP contribution in [0.5, 0.6) is 0 Å². The average molecular weight is 439 g/mol. The number of fused-ring (bicyclic) bond motifs is 3. The zero-order chi connectivity index (χ0) is 20.2. The summed E-state index contributed by atoms with van der Waals surface area (Å²) < 4.78 is 0. The standard InChI is InChI=1S/C23H26N4OS2/c1-14-4-7-16-18(13-14)30-22-19(16)21(24-20(25-22)15-5-6-15)26-8-10-27(11-9-26)23(28)17-3-2-12-29-17/h2-3,12,14-15H,4-11,13H2,1H3/t14-/m0/s1. The summed E-state index contributed by atoms with van der Waals surface area (Å²) >= 11 is 3.43. The second kappa shape index (κ2) is 7.31. The molecule has 2 aliphatic carbocycles. The number of rotatable bonds is 3. The molecule has 30 heavy (non-hydrogen) atoms. The smallest absolute Gasteiger partial charge is 0.264 e. The third-order valence-electron chi connectivity index (χ3n) is 6.69. The molecule has 0 aromatic carbocycles. The lowest BCUT2D eigenvalue weighted by Crippen LogP contribution is -2.49. The van der Waals surface area contributed by atoms with Crippen LogP contribution in [0.1, 0.15) is 58.0 Å². The van der Waals surface area contributed by atoms with E-state index in [2.05, 4.69) is 11.8 Å². The fraction of sp³-hybridized carbons (Fsp3) is 0.522. The van der Waals surface area contributed by atoms with E-state index in [1.54, 1.807) is 0 Å². The Morgan fingerprint density at radius 3 is 2.70 bits per heavy atom. The number of aromatic nitrogens is 2. The number of piperazine rings is 1. The molecule has 0 radical (unpaired) electrons. The Kier molecular flexibility index (Phi) is 4.57. The molecule has 0 bridgehead atoms. The molecule has 0 unspecified atom stereocenters. The number of carbonyl (C=O) groups excluding carboxylic acids is 1. The molecule has 0 N–H and O–H groups in total. The van der Waals surface area contributed by atoms with Crippen LogP contribution < -0.4 is 4.90 Å². The summed E-state index contributed by atoms with van der Waals surface area (Å²) in [6.45, 7) is 5.55. The van der Waals surface area contributed by atoms with Crippen LogP contribution in [0.2, 0.25) is 0 Å². The minimum absolute atomic E-state index is 0.165. The van der Waals surface area contributed by atoms with Crippen LogP contribution >= 0.6 is 22.7 Å². The zero-order valence-corrected chi connectivity index (χ0v) is 18.9. The van der Waals surface area contributed by atoms with E-state index < -0.39 is 0 Å². The first-order chi connectivity index (χ1) is 14.7. The van der Waals surface area contributed by atoms with Crippen molar-refractivity contribution in [3.63, 3.8) is 0 Å². The highest BCUT2D eigenvalue weighted by atomic mass is 32.1. The van der Waals surface area contributed by atoms with E-state index in [1.807, 2.05) is 33.7 Å². The molecule has 2 fully saturated rings. The summed E-state index contributed by atoms with van der Waals surface area (Å²) in [5.74, 6) is 3.65. The van der Waals surface area contributed by atoms with E-state index in [0.717, 1.165) is 55.0 Å². The van der Waals surface area contributed by atoms with Gasteiger partial charge in [-0.25, -0.2) is 9.97 Å². The Hall–Kier alpha value is -1.99. The van der Waals surface area contributed by atoms with Crippen LogP contribution in [-0.4, -0.2) is 47.0 Å². The van der Waals surface area contributed by atoms with Gasteiger partial charge in [0.25, 0.3) is 5.91 Å². The van der Waals surface area contributed by atoms with E-state index in [9.17, 15) is 4.79 Å². The van der Waals surface area contributed by atoms with Gasteiger partial charge in [0.2, 0.25) is 0 Å². The van der Waals surface area contributed by atoms with E-state index >= 15 is 0 Å². The number of nitrogens with zero attached hydrogens (tertiary/aromatic N) is 4. The maximum atomic E-state index is 12.7. The van der Waals surface area contributed by atoms with Gasteiger partial charge in [0.05, 0.1) is 10.3 Å². The van der Waals surface area contributed by atoms with E-state index in [-0.39, 0.29) is 5.91 Å². The Morgan fingerprint density at radius 2 is 1.97 bits per heavy atom. The lowest BCUT2D eigenvalue weighted by Gasteiger charge is -2.36. The predicted octanol–water partition coefficient (Wildman–Crippen LogP) is 4.72. The van der Waals surface area contributed by atoms with Crippen molar-refractivity contribution in [3.8, 4) is 0 Å². The van der Waals surface area contributed by atoms with Gasteiger partial charge in [-0.15, -0.1) is 22.7 Å². The average Bonchev–Trinajstić information content (AvgIpc) is 3.34. The van der Waals surface area contributed by atoms with Gasteiger partial charge >= 0.3 is 0 Å². The van der Waals surface area contributed by atoms with Crippen molar-refractivity contribution in [2.45, 2.75) is 44.9 Å². The van der Waals surface area contributed by atoms with E-state index in [4.69, 9.17) is 9.97 Å². The molecule has 6 rings (SSSR count). The number of thiophene rings is 2. The lowest BCUT2D eigenvalue weighted by molar-refractivity contribution is 0.0751. The molecule has 1 aliphatic heterocycles. The fourth-order valence-corrected chi connectivity index (χ4v) is 6.84. The largest absolute Gasteiger partial charge is 0.352 e. The Bertz CT molecular complexity index is 1090. The molecule has 5 nitrogen and oxygen atoms in total. The van der Waals surface area contributed by atoms with Gasteiger partial charge in [-0.3, -0.25) is 4.79 Å². The van der Waals surface area contributed by atoms with Gasteiger partial charge in [0, 0.05) is 37.0 Å². The molecular formula is C23H26N4OS2. The van der Waals surface area contributed by atoms with Crippen molar-refractivity contribution in [1.29, 1.82) is 0 Å². The molecular weight excluding hydrogens is 412 g/mol. The second-order valence-electron chi connectivity index (χ2n) is 8.97. The molecule has 4 heterocycles. The van der Waals surface area contributed by atoms with Crippen LogP contribution in [0, 0.1) is 5.92 Å². The topological polar surface area (TPSA) is 49.3 Å². The zero-order valence-electron chi connectivity index (χ0n) is 17.3. The first-order valence-corrected chi connectivity index (χ1v) is 12.8. The van der Waals surface area contributed by atoms with Crippen molar-refractivity contribution < 1.29 is 4.79 Å². The normalized spacial score (nSPS) is 21.8.